The van der Waals surface area contributed by atoms with Crippen LogP contribution in [-0.2, 0) is 6.18 Å². The van der Waals surface area contributed by atoms with Gasteiger partial charge in [0.1, 0.15) is 0 Å². The number of piperidine rings is 1. The topological polar surface area (TPSA) is 15.3 Å². The number of rotatable bonds is 4. The average molecular weight is 286 g/mol. The third kappa shape index (κ3) is 3.88. The second-order valence-corrected chi connectivity index (χ2v) is 5.30. The molecule has 0 amide bonds. The molecule has 1 aromatic carbocycles. The Bertz CT molecular complexity index is 408. The van der Waals surface area contributed by atoms with Crippen LogP contribution >= 0.6 is 0 Å². The van der Waals surface area contributed by atoms with Gasteiger partial charge in [0.2, 0.25) is 0 Å². The summed E-state index contributed by atoms with van der Waals surface area (Å²) in [7, 11) is 0. The fourth-order valence-electron chi connectivity index (χ4n) is 2.67. The molecule has 1 N–H and O–H groups in total. The van der Waals surface area contributed by atoms with Gasteiger partial charge in [-0.25, -0.2) is 0 Å². The highest BCUT2D eigenvalue weighted by Crippen LogP contribution is 2.30. The molecular weight excluding hydrogens is 265 g/mol. The van der Waals surface area contributed by atoms with Crippen molar-refractivity contribution in [2.45, 2.75) is 25.9 Å². The summed E-state index contributed by atoms with van der Waals surface area (Å²) in [4.78, 5) is 2.15. The van der Waals surface area contributed by atoms with E-state index in [4.69, 9.17) is 0 Å². The quantitative estimate of drug-likeness (QED) is 0.911. The molecule has 2 nitrogen and oxygen atoms in total. The zero-order valence-corrected chi connectivity index (χ0v) is 11.7. The van der Waals surface area contributed by atoms with Crippen molar-refractivity contribution >= 4 is 5.69 Å². The van der Waals surface area contributed by atoms with E-state index < -0.39 is 11.7 Å². The van der Waals surface area contributed by atoms with Gasteiger partial charge in [0.15, 0.2) is 0 Å². The summed E-state index contributed by atoms with van der Waals surface area (Å²) >= 11 is 0. The largest absolute Gasteiger partial charge is 0.416 e. The van der Waals surface area contributed by atoms with E-state index in [2.05, 4.69) is 10.2 Å². The van der Waals surface area contributed by atoms with Gasteiger partial charge in [0.05, 0.1) is 5.56 Å². The summed E-state index contributed by atoms with van der Waals surface area (Å²) in [6.45, 7) is 5.81. The maximum atomic E-state index is 12.6. The number of halogens is 3. The van der Waals surface area contributed by atoms with Gasteiger partial charge in [0.25, 0.3) is 0 Å². The van der Waals surface area contributed by atoms with Gasteiger partial charge >= 0.3 is 6.18 Å². The van der Waals surface area contributed by atoms with Crippen LogP contribution < -0.4 is 10.2 Å². The highest BCUT2D eigenvalue weighted by Gasteiger charge is 2.30. The molecule has 1 heterocycles. The van der Waals surface area contributed by atoms with Gasteiger partial charge in [-0.05, 0) is 63.0 Å². The van der Waals surface area contributed by atoms with Crippen LogP contribution in [-0.4, -0.2) is 26.2 Å². The van der Waals surface area contributed by atoms with Crippen LogP contribution in [0.25, 0.3) is 0 Å². The lowest BCUT2D eigenvalue weighted by Crippen LogP contribution is -2.38. The molecule has 5 heteroatoms. The third-order valence-electron chi connectivity index (χ3n) is 3.82. The number of nitrogens with zero attached hydrogens (tertiary/aromatic N) is 1. The molecule has 1 saturated heterocycles. The van der Waals surface area contributed by atoms with Crippen molar-refractivity contribution in [2.24, 2.45) is 5.92 Å². The van der Waals surface area contributed by atoms with Crippen LogP contribution in [0.2, 0.25) is 0 Å². The summed E-state index contributed by atoms with van der Waals surface area (Å²) in [6, 6.07) is 5.47. The van der Waals surface area contributed by atoms with Gasteiger partial charge in [-0.1, -0.05) is 0 Å². The second-order valence-electron chi connectivity index (χ2n) is 5.30. The van der Waals surface area contributed by atoms with Crippen molar-refractivity contribution < 1.29 is 13.2 Å². The Morgan fingerprint density at radius 1 is 1.25 bits per heavy atom. The van der Waals surface area contributed by atoms with Crippen molar-refractivity contribution in [3.63, 3.8) is 0 Å². The first-order valence-corrected chi connectivity index (χ1v) is 7.13. The minimum absolute atomic E-state index is 0.575. The SMILES string of the molecule is CCN(CC1CCCNC1)c1ccc(C(F)(F)F)cc1. The predicted octanol–water partition coefficient (Wildman–Crippen LogP) is 3.53. The lowest BCUT2D eigenvalue weighted by molar-refractivity contribution is -0.137. The number of nitrogens with one attached hydrogen (secondary N) is 1. The van der Waals surface area contributed by atoms with E-state index in [1.807, 2.05) is 6.92 Å². The summed E-state index contributed by atoms with van der Waals surface area (Å²) in [5.74, 6) is 0.575. The van der Waals surface area contributed by atoms with E-state index in [0.29, 0.717) is 5.92 Å². The Balaban J connectivity index is 2.03. The van der Waals surface area contributed by atoms with Crippen molar-refractivity contribution in [1.82, 2.24) is 5.32 Å². The lowest BCUT2D eigenvalue weighted by Gasteiger charge is -2.31. The lowest BCUT2D eigenvalue weighted by atomic mass is 9.99. The van der Waals surface area contributed by atoms with Crippen molar-refractivity contribution in [1.29, 1.82) is 0 Å². The van der Waals surface area contributed by atoms with Crippen LogP contribution in [0.5, 0.6) is 0 Å². The van der Waals surface area contributed by atoms with E-state index in [9.17, 15) is 13.2 Å². The molecule has 1 atom stereocenters. The molecule has 1 fully saturated rings. The van der Waals surface area contributed by atoms with Crippen LogP contribution in [0.15, 0.2) is 24.3 Å². The number of hydrogen-bond donors (Lipinski definition) is 1. The Morgan fingerprint density at radius 3 is 2.45 bits per heavy atom. The zero-order valence-electron chi connectivity index (χ0n) is 11.7. The summed E-state index contributed by atoms with van der Waals surface area (Å²) in [5.41, 5.74) is 0.280. The van der Waals surface area contributed by atoms with Gasteiger partial charge in [0, 0.05) is 18.8 Å². The van der Waals surface area contributed by atoms with Crippen molar-refractivity contribution in [3.05, 3.63) is 29.8 Å². The van der Waals surface area contributed by atoms with E-state index >= 15 is 0 Å². The fraction of sp³-hybridized carbons (Fsp3) is 0.600. The smallest absolute Gasteiger partial charge is 0.371 e. The minimum atomic E-state index is -4.26. The van der Waals surface area contributed by atoms with Crippen molar-refractivity contribution in [3.8, 4) is 0 Å². The predicted molar refractivity (Wildman–Crippen MR) is 74.9 cm³/mol. The normalized spacial score (nSPS) is 19.9. The highest BCUT2D eigenvalue weighted by molar-refractivity contribution is 5.48. The van der Waals surface area contributed by atoms with Gasteiger partial charge in [-0.3, -0.25) is 0 Å². The molecule has 1 unspecified atom stereocenters. The van der Waals surface area contributed by atoms with Crippen LogP contribution in [0.4, 0.5) is 18.9 Å². The first-order valence-electron chi connectivity index (χ1n) is 7.13. The molecule has 0 radical (unpaired) electrons. The first kappa shape index (κ1) is 15.2. The molecular formula is C15H21F3N2. The fourth-order valence-corrected chi connectivity index (χ4v) is 2.67. The minimum Gasteiger partial charge on any atom is -0.371 e. The number of benzene rings is 1. The van der Waals surface area contributed by atoms with Gasteiger partial charge in [-0.2, -0.15) is 13.2 Å². The van der Waals surface area contributed by atoms with Crippen LogP contribution in [0.3, 0.4) is 0 Å². The average Bonchev–Trinajstić information content (AvgIpc) is 2.45. The second kappa shape index (κ2) is 6.48. The monoisotopic (exact) mass is 286 g/mol. The Kier molecular flexibility index (Phi) is 4.91. The molecule has 2 rings (SSSR count). The molecule has 0 bridgehead atoms. The number of hydrogen-bond acceptors (Lipinski definition) is 2. The Morgan fingerprint density at radius 2 is 1.95 bits per heavy atom. The number of anilines is 1. The standard InChI is InChI=1S/C15H21F3N2/c1-2-20(11-12-4-3-9-19-10-12)14-7-5-13(6-8-14)15(16,17)18/h5-8,12,19H,2-4,9-11H2,1H3. The van der Waals surface area contributed by atoms with E-state index in [1.165, 1.54) is 12.8 Å². The van der Waals surface area contributed by atoms with Gasteiger partial charge in [-0.15, -0.1) is 0 Å². The molecule has 0 spiro atoms. The Labute approximate surface area is 118 Å². The molecule has 0 aromatic heterocycles. The summed E-state index contributed by atoms with van der Waals surface area (Å²) in [6.07, 6.45) is -1.90. The zero-order chi connectivity index (χ0) is 14.6. The molecule has 1 aromatic rings. The van der Waals surface area contributed by atoms with Crippen molar-refractivity contribution in [2.75, 3.05) is 31.1 Å². The number of alkyl halides is 3. The third-order valence-corrected chi connectivity index (χ3v) is 3.82. The molecule has 0 aliphatic carbocycles. The highest BCUT2D eigenvalue weighted by atomic mass is 19.4. The molecule has 0 saturated carbocycles. The first-order chi connectivity index (χ1) is 9.50. The van der Waals surface area contributed by atoms with E-state index in [1.54, 1.807) is 12.1 Å². The van der Waals surface area contributed by atoms with E-state index in [-0.39, 0.29) is 0 Å². The van der Waals surface area contributed by atoms with Crippen LogP contribution in [0.1, 0.15) is 25.3 Å². The molecule has 1 aliphatic heterocycles. The molecule has 1 aliphatic rings. The molecule has 20 heavy (non-hydrogen) atoms. The summed E-state index contributed by atoms with van der Waals surface area (Å²) < 4.78 is 37.7. The Hall–Kier alpha value is -1.23. The van der Waals surface area contributed by atoms with Gasteiger partial charge < -0.3 is 10.2 Å². The van der Waals surface area contributed by atoms with Crippen LogP contribution in [0, 0.1) is 5.92 Å². The van der Waals surface area contributed by atoms with E-state index in [0.717, 1.165) is 44.0 Å². The maximum absolute atomic E-state index is 12.6. The molecule has 112 valence electrons. The summed E-state index contributed by atoms with van der Waals surface area (Å²) in [5, 5.41) is 3.37. The maximum Gasteiger partial charge on any atom is 0.416 e.